The highest BCUT2D eigenvalue weighted by Gasteiger charge is 2.45. The molecule has 1 aromatic rings. The van der Waals surface area contributed by atoms with E-state index in [2.05, 4.69) is 28.3 Å². The Morgan fingerprint density at radius 3 is 2.71 bits per heavy atom. The average molecular weight is 531 g/mol. The van der Waals surface area contributed by atoms with Gasteiger partial charge in [-0.2, -0.15) is 8.42 Å². The van der Waals surface area contributed by atoms with Crippen LogP contribution < -0.4 is 10.0 Å². The first-order valence-corrected chi connectivity index (χ1v) is 15.5. The predicted octanol–water partition coefficient (Wildman–Crippen LogP) is 2.57. The molecule has 1 aromatic heterocycles. The molecule has 3 aliphatic rings. The van der Waals surface area contributed by atoms with Gasteiger partial charge in [0.25, 0.3) is 15.9 Å². The molecule has 0 spiro atoms. The second-order valence-electron chi connectivity index (χ2n) is 9.45. The number of thiophene rings is 1. The number of carbonyl (C=O) groups is 1. The van der Waals surface area contributed by atoms with E-state index in [1.54, 1.807) is 4.90 Å². The molecule has 1 saturated carbocycles. The molecule has 1 fully saturated rings. The van der Waals surface area contributed by atoms with Crippen molar-refractivity contribution in [3.8, 4) is 0 Å². The second-order valence-corrected chi connectivity index (χ2v) is 13.7. The molecule has 13 heteroatoms. The van der Waals surface area contributed by atoms with Crippen LogP contribution in [0.3, 0.4) is 0 Å². The number of rotatable bonds is 7. The highest BCUT2D eigenvalue weighted by Crippen LogP contribution is 2.42. The quantitative estimate of drug-likeness (QED) is 0.491. The van der Waals surface area contributed by atoms with Crippen molar-refractivity contribution in [2.75, 3.05) is 18.1 Å². The first-order chi connectivity index (χ1) is 15.9. The molecule has 34 heavy (non-hydrogen) atoms. The molecule has 0 bridgehead atoms. The van der Waals surface area contributed by atoms with E-state index in [1.165, 1.54) is 5.38 Å². The van der Waals surface area contributed by atoms with Gasteiger partial charge in [-0.05, 0) is 30.6 Å². The van der Waals surface area contributed by atoms with Gasteiger partial charge in [-0.15, -0.1) is 15.7 Å². The van der Waals surface area contributed by atoms with Gasteiger partial charge in [0.1, 0.15) is 21.2 Å². The normalized spacial score (nSPS) is 24.5. The SMILES string of the molecule is CC(C)CCN1C(=O)C(C2=NS(=O)(=O)c3c(CNS(C)(=O)=O)csc3N2)=C(O)C2CCCCC21. The summed E-state index contributed by atoms with van der Waals surface area (Å²) in [5.41, 5.74) is 0.171. The summed E-state index contributed by atoms with van der Waals surface area (Å²) in [7, 11) is -7.75. The summed E-state index contributed by atoms with van der Waals surface area (Å²) in [6.45, 7) is 4.49. The van der Waals surface area contributed by atoms with Crippen molar-refractivity contribution >= 4 is 48.1 Å². The van der Waals surface area contributed by atoms with Crippen LogP contribution in [0.5, 0.6) is 0 Å². The monoisotopic (exact) mass is 530 g/mol. The minimum Gasteiger partial charge on any atom is -0.511 e. The van der Waals surface area contributed by atoms with E-state index in [1.807, 2.05) is 0 Å². The highest BCUT2D eigenvalue weighted by molar-refractivity contribution is 7.91. The minimum absolute atomic E-state index is 0.0923. The first kappa shape index (κ1) is 25.1. The summed E-state index contributed by atoms with van der Waals surface area (Å²) in [6.07, 6.45) is 5.21. The number of amides is 1. The zero-order valence-corrected chi connectivity index (χ0v) is 21.8. The van der Waals surface area contributed by atoms with Crippen LogP contribution in [0.4, 0.5) is 5.00 Å². The third kappa shape index (κ3) is 4.88. The number of amidine groups is 1. The van der Waals surface area contributed by atoms with Crippen molar-refractivity contribution in [2.24, 2.45) is 16.2 Å². The van der Waals surface area contributed by atoms with Gasteiger partial charge in [0.2, 0.25) is 10.0 Å². The fraction of sp³-hybridized carbons (Fsp3) is 0.619. The van der Waals surface area contributed by atoms with Gasteiger partial charge < -0.3 is 15.3 Å². The molecule has 2 aliphatic heterocycles. The van der Waals surface area contributed by atoms with Crippen LogP contribution in [-0.2, 0) is 31.4 Å². The lowest BCUT2D eigenvalue weighted by molar-refractivity contribution is -0.133. The van der Waals surface area contributed by atoms with Crippen LogP contribution in [0.15, 0.2) is 26.0 Å². The number of sulfonamides is 2. The summed E-state index contributed by atoms with van der Waals surface area (Å²) >= 11 is 1.08. The van der Waals surface area contributed by atoms with Crippen molar-refractivity contribution in [2.45, 2.75) is 63.4 Å². The lowest BCUT2D eigenvalue weighted by atomic mass is 9.78. The Labute approximate surface area is 204 Å². The summed E-state index contributed by atoms with van der Waals surface area (Å²) < 4.78 is 55.3. The summed E-state index contributed by atoms with van der Waals surface area (Å²) in [6, 6.07) is -0.101. The number of nitrogens with zero attached hydrogens (tertiary/aromatic N) is 2. The number of nitrogens with one attached hydrogen (secondary N) is 2. The van der Waals surface area contributed by atoms with Crippen molar-refractivity contribution in [3.05, 3.63) is 22.3 Å². The molecular formula is C21H30N4O6S3. The number of aliphatic hydroxyl groups is 1. The van der Waals surface area contributed by atoms with E-state index >= 15 is 0 Å². The van der Waals surface area contributed by atoms with Crippen LogP contribution >= 0.6 is 11.3 Å². The molecule has 0 radical (unpaired) electrons. The molecule has 2 unspecified atom stereocenters. The van der Waals surface area contributed by atoms with Crippen LogP contribution in [0.1, 0.15) is 51.5 Å². The Kier molecular flexibility index (Phi) is 6.84. The summed E-state index contributed by atoms with van der Waals surface area (Å²) in [4.78, 5) is 15.2. The van der Waals surface area contributed by atoms with Gasteiger partial charge in [0, 0.05) is 30.6 Å². The number of hydrogen-bond acceptors (Lipinski definition) is 8. The van der Waals surface area contributed by atoms with Crippen LogP contribution in [-0.4, -0.2) is 57.4 Å². The fourth-order valence-electron chi connectivity index (χ4n) is 4.77. The average Bonchev–Trinajstić information content (AvgIpc) is 3.15. The zero-order chi connectivity index (χ0) is 24.8. The lowest BCUT2D eigenvalue weighted by Gasteiger charge is -2.44. The van der Waals surface area contributed by atoms with E-state index in [4.69, 9.17) is 0 Å². The maximum absolute atomic E-state index is 13.6. The number of anilines is 1. The Morgan fingerprint density at radius 2 is 2.03 bits per heavy atom. The van der Waals surface area contributed by atoms with Crippen LogP contribution in [0.25, 0.3) is 0 Å². The van der Waals surface area contributed by atoms with Crippen molar-refractivity contribution < 1.29 is 26.7 Å². The van der Waals surface area contributed by atoms with Crippen LogP contribution in [0, 0.1) is 11.8 Å². The van der Waals surface area contributed by atoms with Gasteiger partial charge in [-0.25, -0.2) is 13.1 Å². The largest absolute Gasteiger partial charge is 0.511 e. The number of hydrogen-bond donors (Lipinski definition) is 3. The van der Waals surface area contributed by atoms with Gasteiger partial charge >= 0.3 is 0 Å². The third-order valence-corrected chi connectivity index (χ3v) is 9.59. The Hall–Kier alpha value is -1.96. The maximum atomic E-state index is 13.6. The molecule has 1 amide bonds. The van der Waals surface area contributed by atoms with E-state index in [0.29, 0.717) is 12.5 Å². The third-order valence-electron chi connectivity index (χ3n) is 6.44. The summed E-state index contributed by atoms with van der Waals surface area (Å²) in [5.74, 6) is -0.563. The zero-order valence-electron chi connectivity index (χ0n) is 19.4. The molecule has 188 valence electrons. The molecule has 0 saturated heterocycles. The Balaban J connectivity index is 1.71. The molecular weight excluding hydrogens is 500 g/mol. The smallest absolute Gasteiger partial charge is 0.287 e. The van der Waals surface area contributed by atoms with Gasteiger partial charge in [-0.3, -0.25) is 4.79 Å². The molecule has 10 nitrogen and oxygen atoms in total. The van der Waals surface area contributed by atoms with Crippen molar-refractivity contribution in [1.29, 1.82) is 0 Å². The summed E-state index contributed by atoms with van der Waals surface area (Å²) in [5, 5.41) is 15.8. The molecule has 3 heterocycles. The standard InChI is InChI=1S/C21H30N4O6S3/c1-12(2)8-9-25-15-7-5-4-6-14(15)17(26)16(21(25)27)19-23-20-18(34(30,31)24-19)13(11-32-20)10-22-33(3,28)29/h11-12,14-15,22,26H,4-10H2,1-3H3,(H,23,24). The first-order valence-electron chi connectivity index (χ1n) is 11.3. The minimum atomic E-state index is -4.23. The lowest BCUT2D eigenvalue weighted by Crippen LogP contribution is -2.53. The molecule has 0 aromatic carbocycles. The van der Waals surface area contributed by atoms with E-state index in [-0.39, 0.29) is 51.1 Å². The van der Waals surface area contributed by atoms with Gasteiger partial charge in [0.15, 0.2) is 5.84 Å². The topological polar surface area (TPSA) is 145 Å². The van der Waals surface area contributed by atoms with Crippen molar-refractivity contribution in [1.82, 2.24) is 9.62 Å². The van der Waals surface area contributed by atoms with Crippen molar-refractivity contribution in [3.63, 3.8) is 0 Å². The fourth-order valence-corrected chi connectivity index (χ4v) is 7.79. The Bertz CT molecular complexity index is 1260. The van der Waals surface area contributed by atoms with Crippen LogP contribution in [0.2, 0.25) is 0 Å². The maximum Gasteiger partial charge on any atom is 0.287 e. The highest BCUT2D eigenvalue weighted by atomic mass is 32.2. The number of aliphatic hydroxyl groups excluding tert-OH is 1. The molecule has 3 N–H and O–H groups in total. The predicted molar refractivity (Wildman–Crippen MR) is 131 cm³/mol. The molecule has 2 atom stereocenters. The van der Waals surface area contributed by atoms with Gasteiger partial charge in [0.05, 0.1) is 6.26 Å². The Morgan fingerprint density at radius 1 is 1.32 bits per heavy atom. The van der Waals surface area contributed by atoms with Gasteiger partial charge in [-0.1, -0.05) is 26.7 Å². The molecule has 4 rings (SSSR count). The van der Waals surface area contributed by atoms with E-state index in [9.17, 15) is 26.7 Å². The number of carbonyl (C=O) groups excluding carboxylic acids is 1. The second kappa shape index (κ2) is 9.25. The van der Waals surface area contributed by atoms with E-state index < -0.39 is 26.0 Å². The number of fused-ring (bicyclic) bond motifs is 2. The molecule has 1 aliphatic carbocycles. The van der Waals surface area contributed by atoms with E-state index in [0.717, 1.165) is 49.7 Å².